The van der Waals surface area contributed by atoms with Crippen molar-refractivity contribution in [3.63, 3.8) is 0 Å². The van der Waals surface area contributed by atoms with E-state index in [1.54, 1.807) is 0 Å². The molecule has 0 spiro atoms. The molecule has 0 rings (SSSR count). The minimum absolute atomic E-state index is 0. The molecule has 0 fully saturated rings. The second-order valence-electron chi connectivity index (χ2n) is 1.79. The molecule has 0 aromatic heterocycles. The van der Waals surface area contributed by atoms with Crippen molar-refractivity contribution in [3.05, 3.63) is 10.4 Å². The summed E-state index contributed by atoms with van der Waals surface area (Å²) in [7, 11) is 1.42. The quantitative estimate of drug-likeness (QED) is 0.207. The Morgan fingerprint density at radius 3 is 2.55 bits per heavy atom. The molecule has 0 amide bonds. The van der Waals surface area contributed by atoms with Gasteiger partial charge >= 0.3 is 29.6 Å². The molecule has 6 nitrogen and oxygen atoms in total. The van der Waals surface area contributed by atoms with E-state index in [9.17, 15) is 10.4 Å². The van der Waals surface area contributed by atoms with Crippen LogP contribution in [0.3, 0.4) is 0 Å². The monoisotopic (exact) mass is 171 g/mol. The molecule has 60 valence electrons. The van der Waals surface area contributed by atoms with Gasteiger partial charge in [0.15, 0.2) is 0 Å². The molecule has 0 aliphatic carbocycles. The van der Waals surface area contributed by atoms with Gasteiger partial charge in [0.2, 0.25) is 0 Å². The molecule has 0 atom stereocenters. The Hall–Kier alpha value is -0.0400. The minimum atomic E-state index is -0.0599. The van der Waals surface area contributed by atoms with Gasteiger partial charge in [0.25, 0.3) is 0 Å². The van der Waals surface area contributed by atoms with Gasteiger partial charge in [0.1, 0.15) is 0 Å². The summed E-state index contributed by atoms with van der Waals surface area (Å²) in [6.07, 6.45) is 0.449. The zero-order valence-corrected chi connectivity index (χ0v) is 8.73. The molecule has 0 aliphatic heterocycles. The van der Waals surface area contributed by atoms with E-state index in [2.05, 4.69) is 5.28 Å². The topological polar surface area (TPSA) is 85.0 Å². The van der Waals surface area contributed by atoms with Crippen LogP contribution in [0, 0.1) is 10.4 Å². The molecular formula is C4H10N3NaO3. The largest absolute Gasteiger partial charge is 1.00 e. The van der Waals surface area contributed by atoms with E-state index in [1.807, 2.05) is 0 Å². The van der Waals surface area contributed by atoms with Gasteiger partial charge in [-0.3, -0.25) is 0 Å². The minimum Gasteiger partial charge on any atom is -0.737 e. The van der Waals surface area contributed by atoms with Crippen LogP contribution in [0.1, 0.15) is 6.42 Å². The summed E-state index contributed by atoms with van der Waals surface area (Å²) in [4.78, 5) is -0.0599. The third-order valence-electron chi connectivity index (χ3n) is 1.00. The van der Waals surface area contributed by atoms with Crippen molar-refractivity contribution in [2.45, 2.75) is 6.42 Å². The summed E-state index contributed by atoms with van der Waals surface area (Å²) in [6, 6.07) is 0. The Labute approximate surface area is 86.9 Å². The Balaban J connectivity index is 0. The molecule has 11 heavy (non-hydrogen) atoms. The zero-order chi connectivity index (χ0) is 7.98. The predicted octanol–water partition coefficient (Wildman–Crippen LogP) is -3.32. The summed E-state index contributed by atoms with van der Waals surface area (Å²) in [5.41, 5.74) is 0. The van der Waals surface area contributed by atoms with E-state index < -0.39 is 0 Å². The van der Waals surface area contributed by atoms with E-state index in [0.29, 0.717) is 13.0 Å². The number of rotatable bonds is 4. The molecule has 0 aromatic rings. The van der Waals surface area contributed by atoms with Gasteiger partial charge in [0, 0.05) is 11.6 Å². The normalized spacial score (nSPS) is 10.5. The van der Waals surface area contributed by atoms with Crippen molar-refractivity contribution in [1.29, 1.82) is 0 Å². The average Bonchev–Trinajstić information content (AvgIpc) is 1.98. The van der Waals surface area contributed by atoms with Crippen LogP contribution in [-0.4, -0.2) is 35.3 Å². The third kappa shape index (κ3) is 6.36. The van der Waals surface area contributed by atoms with E-state index in [-0.39, 0.29) is 41.1 Å². The molecule has 0 unspecified atom stereocenters. The Morgan fingerprint density at radius 2 is 2.18 bits per heavy atom. The molecular weight excluding hydrogens is 161 g/mol. The molecule has 1 N–H and O–H groups in total. The van der Waals surface area contributed by atoms with E-state index in [4.69, 9.17) is 5.11 Å². The van der Waals surface area contributed by atoms with Gasteiger partial charge < -0.3 is 15.5 Å². The van der Waals surface area contributed by atoms with Gasteiger partial charge in [-0.05, 0) is 11.7 Å². The standard InChI is InChI=1S/C4H11N3O3.Na/c1-6(3-2-4-8)7(10)5-9;/h8-9H,2-4H2,1H3;/q;+1/p-1/b7-5+;. The first-order valence-electron chi connectivity index (χ1n) is 2.84. The number of hydrogen-bond acceptors (Lipinski definition) is 4. The molecule has 0 radical (unpaired) electrons. The maximum Gasteiger partial charge on any atom is 1.00 e. The van der Waals surface area contributed by atoms with Crippen LogP contribution in [-0.2, 0) is 0 Å². The van der Waals surface area contributed by atoms with Crippen LogP contribution < -0.4 is 29.6 Å². The van der Waals surface area contributed by atoms with Crippen molar-refractivity contribution in [2.24, 2.45) is 5.28 Å². The number of hydrogen-bond donors (Lipinski definition) is 1. The van der Waals surface area contributed by atoms with Crippen molar-refractivity contribution in [3.8, 4) is 0 Å². The Kier molecular flexibility index (Phi) is 9.92. The van der Waals surface area contributed by atoms with Gasteiger partial charge in [-0.1, -0.05) is 0 Å². The summed E-state index contributed by atoms with van der Waals surface area (Å²) in [5, 5.41) is 31.4. The maximum absolute atomic E-state index is 10.3. The molecule has 0 heterocycles. The average molecular weight is 171 g/mol. The first kappa shape index (κ1) is 13.5. The second kappa shape index (κ2) is 8.06. The van der Waals surface area contributed by atoms with Crippen LogP contribution in [0.4, 0.5) is 0 Å². The molecule has 0 saturated heterocycles. The smallest absolute Gasteiger partial charge is 0.737 e. The fraction of sp³-hybridized carbons (Fsp3) is 1.00. The molecule has 0 aromatic carbocycles. The summed E-state index contributed by atoms with van der Waals surface area (Å²) >= 11 is 0. The van der Waals surface area contributed by atoms with Gasteiger partial charge in [-0.25, -0.2) is 0 Å². The molecule has 0 saturated carbocycles. The number of nitrogens with zero attached hydrogens (tertiary/aromatic N) is 3. The van der Waals surface area contributed by atoms with Crippen LogP contribution >= 0.6 is 0 Å². The maximum atomic E-state index is 10.3. The number of hydrazine groups is 1. The molecule has 7 heteroatoms. The van der Waals surface area contributed by atoms with Crippen LogP contribution in [0.25, 0.3) is 0 Å². The van der Waals surface area contributed by atoms with Gasteiger partial charge in [0.05, 0.1) is 13.6 Å². The number of aliphatic hydroxyl groups is 1. The van der Waals surface area contributed by atoms with E-state index in [0.717, 1.165) is 5.01 Å². The zero-order valence-electron chi connectivity index (χ0n) is 6.73. The van der Waals surface area contributed by atoms with E-state index in [1.165, 1.54) is 7.05 Å². The first-order chi connectivity index (χ1) is 4.72. The third-order valence-corrected chi connectivity index (χ3v) is 1.00. The fourth-order valence-corrected chi connectivity index (χ4v) is 0.447. The van der Waals surface area contributed by atoms with E-state index >= 15 is 0 Å². The Bertz CT molecular complexity index is 121. The SMILES string of the molecule is CN(CCCO)/[N+]([O-])=N\[O-].[Na+]. The van der Waals surface area contributed by atoms with Crippen LogP contribution in [0.2, 0.25) is 0 Å². The number of aliphatic hydroxyl groups excluding tert-OH is 1. The first-order valence-corrected chi connectivity index (χ1v) is 2.84. The fourth-order valence-electron chi connectivity index (χ4n) is 0.447. The van der Waals surface area contributed by atoms with Gasteiger partial charge in [-0.15, -0.1) is 0 Å². The van der Waals surface area contributed by atoms with Crippen molar-refractivity contribution >= 4 is 0 Å². The van der Waals surface area contributed by atoms with Crippen molar-refractivity contribution in [1.82, 2.24) is 5.01 Å². The Morgan fingerprint density at radius 1 is 1.64 bits per heavy atom. The summed E-state index contributed by atoms with van der Waals surface area (Å²) in [5.74, 6) is 0. The van der Waals surface area contributed by atoms with Gasteiger partial charge in [-0.2, -0.15) is 5.01 Å². The van der Waals surface area contributed by atoms with Crippen LogP contribution in [0.5, 0.6) is 0 Å². The van der Waals surface area contributed by atoms with Crippen molar-refractivity contribution in [2.75, 3.05) is 20.2 Å². The summed E-state index contributed by atoms with van der Waals surface area (Å²) in [6.45, 7) is 0.322. The second-order valence-corrected chi connectivity index (χ2v) is 1.79. The van der Waals surface area contributed by atoms with Crippen LogP contribution in [0.15, 0.2) is 5.28 Å². The molecule has 0 bridgehead atoms. The summed E-state index contributed by atoms with van der Waals surface area (Å²) < 4.78 is 0. The van der Waals surface area contributed by atoms with Crippen molar-refractivity contribution < 1.29 is 39.6 Å². The predicted molar refractivity (Wildman–Crippen MR) is 33.8 cm³/mol. The molecule has 0 aliphatic rings.